The van der Waals surface area contributed by atoms with Crippen molar-refractivity contribution in [3.63, 3.8) is 0 Å². The SMILES string of the molecule is Cc1cc(O[C@@H](C)C(=O)N2CCN(Cc3ccccc3)CC2)nc(C(C)C)n1. The fraction of sp³-hybridized carbons (Fsp3) is 0.500. The van der Waals surface area contributed by atoms with Gasteiger partial charge in [0.1, 0.15) is 5.82 Å². The molecule has 2 heterocycles. The zero-order valence-electron chi connectivity index (χ0n) is 17.3. The molecule has 6 nitrogen and oxygen atoms in total. The monoisotopic (exact) mass is 382 g/mol. The maximum absolute atomic E-state index is 12.8. The summed E-state index contributed by atoms with van der Waals surface area (Å²) in [5.74, 6) is 1.44. The van der Waals surface area contributed by atoms with Crippen molar-refractivity contribution in [2.24, 2.45) is 0 Å². The van der Waals surface area contributed by atoms with Gasteiger partial charge in [-0.2, -0.15) is 4.98 Å². The Balaban J connectivity index is 1.53. The standard InChI is InChI=1S/C22H30N4O2/c1-16(2)21-23-17(3)14-20(24-21)28-18(4)22(27)26-12-10-25(11-13-26)15-19-8-6-5-7-9-19/h5-9,14,16,18H,10-13,15H2,1-4H3/t18-/m0/s1. The molecule has 1 aromatic carbocycles. The van der Waals surface area contributed by atoms with Gasteiger partial charge in [-0.25, -0.2) is 4.98 Å². The van der Waals surface area contributed by atoms with Crippen LogP contribution in [0, 0.1) is 6.92 Å². The lowest BCUT2D eigenvalue weighted by atomic mass is 10.2. The number of carbonyl (C=O) groups excluding carboxylic acids is 1. The second-order valence-corrected chi connectivity index (χ2v) is 7.71. The zero-order valence-corrected chi connectivity index (χ0v) is 17.3. The second-order valence-electron chi connectivity index (χ2n) is 7.71. The van der Waals surface area contributed by atoms with Crippen molar-refractivity contribution in [1.29, 1.82) is 0 Å². The van der Waals surface area contributed by atoms with E-state index in [2.05, 4.69) is 39.1 Å². The molecule has 0 aliphatic carbocycles. The van der Waals surface area contributed by atoms with Crippen molar-refractivity contribution < 1.29 is 9.53 Å². The van der Waals surface area contributed by atoms with Crippen LogP contribution in [0.3, 0.4) is 0 Å². The van der Waals surface area contributed by atoms with Crippen LogP contribution >= 0.6 is 0 Å². The molecule has 28 heavy (non-hydrogen) atoms. The van der Waals surface area contributed by atoms with E-state index in [1.165, 1.54) is 5.56 Å². The Morgan fingerprint density at radius 1 is 1.07 bits per heavy atom. The van der Waals surface area contributed by atoms with Crippen molar-refractivity contribution in [2.75, 3.05) is 26.2 Å². The first-order valence-corrected chi connectivity index (χ1v) is 9.99. The number of amides is 1. The number of ether oxygens (including phenoxy) is 1. The molecule has 1 aromatic heterocycles. The predicted octanol–water partition coefficient (Wildman–Crippen LogP) is 3.02. The first kappa shape index (κ1) is 20.3. The normalized spacial score (nSPS) is 16.2. The van der Waals surface area contributed by atoms with Gasteiger partial charge < -0.3 is 9.64 Å². The summed E-state index contributed by atoms with van der Waals surface area (Å²) in [5, 5.41) is 0. The first-order valence-electron chi connectivity index (χ1n) is 9.99. The lowest BCUT2D eigenvalue weighted by molar-refractivity contribution is -0.139. The number of hydrogen-bond acceptors (Lipinski definition) is 5. The molecule has 0 bridgehead atoms. The van der Waals surface area contributed by atoms with Gasteiger partial charge in [0.05, 0.1) is 0 Å². The number of piperazine rings is 1. The Hall–Kier alpha value is -2.47. The number of rotatable bonds is 6. The Kier molecular flexibility index (Phi) is 6.62. The average Bonchev–Trinajstić information content (AvgIpc) is 2.68. The molecule has 3 rings (SSSR count). The minimum absolute atomic E-state index is 0.0155. The molecule has 0 unspecified atom stereocenters. The Labute approximate surface area is 167 Å². The van der Waals surface area contributed by atoms with Crippen LogP contribution < -0.4 is 4.74 Å². The molecule has 0 radical (unpaired) electrons. The van der Waals surface area contributed by atoms with Gasteiger partial charge >= 0.3 is 0 Å². The Bertz CT molecular complexity index is 786. The summed E-state index contributed by atoms with van der Waals surface area (Å²) in [6.45, 7) is 11.9. The first-order chi connectivity index (χ1) is 13.4. The highest BCUT2D eigenvalue weighted by molar-refractivity contribution is 5.81. The van der Waals surface area contributed by atoms with Gasteiger partial charge in [0.15, 0.2) is 6.10 Å². The van der Waals surface area contributed by atoms with E-state index in [1.54, 1.807) is 13.0 Å². The van der Waals surface area contributed by atoms with E-state index in [-0.39, 0.29) is 11.8 Å². The predicted molar refractivity (Wildman–Crippen MR) is 109 cm³/mol. The van der Waals surface area contributed by atoms with E-state index in [4.69, 9.17) is 4.74 Å². The van der Waals surface area contributed by atoms with Crippen LogP contribution in [0.2, 0.25) is 0 Å². The minimum Gasteiger partial charge on any atom is -0.464 e. The van der Waals surface area contributed by atoms with Crippen molar-refractivity contribution in [3.05, 3.63) is 53.5 Å². The Morgan fingerprint density at radius 3 is 2.39 bits per heavy atom. The molecule has 0 N–H and O–H groups in total. The van der Waals surface area contributed by atoms with Crippen LogP contribution in [0.1, 0.15) is 43.8 Å². The van der Waals surface area contributed by atoms with Gasteiger partial charge in [-0.1, -0.05) is 44.2 Å². The van der Waals surface area contributed by atoms with Crippen LogP contribution in [-0.2, 0) is 11.3 Å². The summed E-state index contributed by atoms with van der Waals surface area (Å²) in [4.78, 5) is 26.0. The fourth-order valence-corrected chi connectivity index (χ4v) is 3.34. The molecule has 1 atom stereocenters. The summed E-state index contributed by atoms with van der Waals surface area (Å²) < 4.78 is 5.87. The van der Waals surface area contributed by atoms with Crippen LogP contribution in [0.15, 0.2) is 36.4 Å². The smallest absolute Gasteiger partial charge is 0.263 e. The highest BCUT2D eigenvalue weighted by atomic mass is 16.5. The molecule has 1 fully saturated rings. The van der Waals surface area contributed by atoms with Gasteiger partial charge in [0.25, 0.3) is 5.91 Å². The van der Waals surface area contributed by atoms with E-state index in [1.807, 2.05) is 31.7 Å². The minimum atomic E-state index is -0.560. The van der Waals surface area contributed by atoms with E-state index in [9.17, 15) is 4.79 Å². The summed E-state index contributed by atoms with van der Waals surface area (Å²) in [7, 11) is 0. The number of aromatic nitrogens is 2. The van der Waals surface area contributed by atoms with Crippen LogP contribution in [0.25, 0.3) is 0 Å². The maximum atomic E-state index is 12.8. The molecular weight excluding hydrogens is 352 g/mol. The highest BCUT2D eigenvalue weighted by Crippen LogP contribution is 2.17. The lowest BCUT2D eigenvalue weighted by Crippen LogP contribution is -2.51. The van der Waals surface area contributed by atoms with Crippen LogP contribution in [0.4, 0.5) is 0 Å². The molecular formula is C22H30N4O2. The van der Waals surface area contributed by atoms with E-state index in [0.717, 1.165) is 44.2 Å². The van der Waals surface area contributed by atoms with Crippen molar-refractivity contribution in [3.8, 4) is 5.88 Å². The van der Waals surface area contributed by atoms with E-state index >= 15 is 0 Å². The molecule has 1 saturated heterocycles. The topological polar surface area (TPSA) is 58.6 Å². The maximum Gasteiger partial charge on any atom is 0.263 e. The molecule has 1 amide bonds. The number of carbonyl (C=O) groups is 1. The summed E-state index contributed by atoms with van der Waals surface area (Å²) >= 11 is 0. The average molecular weight is 383 g/mol. The third-order valence-corrected chi connectivity index (χ3v) is 4.94. The fourth-order valence-electron chi connectivity index (χ4n) is 3.34. The van der Waals surface area contributed by atoms with Crippen molar-refractivity contribution >= 4 is 5.91 Å². The number of benzene rings is 1. The van der Waals surface area contributed by atoms with Crippen LogP contribution in [0.5, 0.6) is 5.88 Å². The van der Waals surface area contributed by atoms with Gasteiger partial charge in [0, 0.05) is 50.4 Å². The van der Waals surface area contributed by atoms with Crippen molar-refractivity contribution in [2.45, 2.75) is 46.3 Å². The third-order valence-electron chi connectivity index (χ3n) is 4.94. The van der Waals surface area contributed by atoms with E-state index in [0.29, 0.717) is 5.88 Å². The highest BCUT2D eigenvalue weighted by Gasteiger charge is 2.26. The van der Waals surface area contributed by atoms with Gasteiger partial charge in [-0.15, -0.1) is 0 Å². The molecule has 6 heteroatoms. The van der Waals surface area contributed by atoms with Crippen LogP contribution in [-0.4, -0.2) is 58.0 Å². The molecule has 0 spiro atoms. The van der Waals surface area contributed by atoms with Gasteiger partial charge in [-0.3, -0.25) is 9.69 Å². The number of nitrogens with zero attached hydrogens (tertiary/aromatic N) is 4. The largest absolute Gasteiger partial charge is 0.464 e. The van der Waals surface area contributed by atoms with Gasteiger partial charge in [0.2, 0.25) is 5.88 Å². The summed E-state index contributed by atoms with van der Waals surface area (Å²) in [6, 6.07) is 12.2. The second kappa shape index (κ2) is 9.15. The summed E-state index contributed by atoms with van der Waals surface area (Å²) in [5.41, 5.74) is 2.15. The third kappa shape index (κ3) is 5.29. The van der Waals surface area contributed by atoms with Gasteiger partial charge in [-0.05, 0) is 19.4 Å². The van der Waals surface area contributed by atoms with E-state index < -0.39 is 6.10 Å². The number of aryl methyl sites for hydroxylation is 1. The molecule has 2 aromatic rings. The molecule has 1 aliphatic heterocycles. The zero-order chi connectivity index (χ0) is 20.1. The molecule has 1 aliphatic rings. The van der Waals surface area contributed by atoms with Crippen molar-refractivity contribution in [1.82, 2.24) is 19.8 Å². The lowest BCUT2D eigenvalue weighted by Gasteiger charge is -2.35. The Morgan fingerprint density at radius 2 is 1.75 bits per heavy atom. The number of hydrogen-bond donors (Lipinski definition) is 0. The quantitative estimate of drug-likeness (QED) is 0.769. The summed E-state index contributed by atoms with van der Waals surface area (Å²) in [6.07, 6.45) is -0.560. The molecule has 0 saturated carbocycles. The molecule has 150 valence electrons.